The van der Waals surface area contributed by atoms with Crippen molar-refractivity contribution >= 4 is 11.4 Å². The first-order valence-electron chi connectivity index (χ1n) is 8.40. The fraction of sp³-hybridized carbons (Fsp3) is 0. The molecule has 4 aromatic rings. The van der Waals surface area contributed by atoms with Gasteiger partial charge < -0.3 is 5.11 Å². The molecule has 0 amide bonds. The molecule has 132 valence electrons. The van der Waals surface area contributed by atoms with Crippen LogP contribution >= 0.6 is 0 Å². The number of rotatable bonds is 4. The Morgan fingerprint density at radius 3 is 1.67 bits per heavy atom. The molecule has 6 nitrogen and oxygen atoms in total. The number of hydrogen-bond acceptors (Lipinski definition) is 4. The van der Waals surface area contributed by atoms with E-state index in [1.807, 2.05) is 54.6 Å². The number of benzene rings is 3. The average molecular weight is 356 g/mol. The van der Waals surface area contributed by atoms with Crippen molar-refractivity contribution in [3.63, 3.8) is 0 Å². The molecule has 0 radical (unpaired) electrons. The Labute approximate surface area is 155 Å². The molecule has 0 saturated carbocycles. The van der Waals surface area contributed by atoms with E-state index in [-0.39, 0.29) is 11.6 Å². The first-order chi connectivity index (χ1) is 13.3. The monoisotopic (exact) mass is 356 g/mol. The quantitative estimate of drug-likeness (QED) is 0.536. The molecule has 1 aromatic heterocycles. The van der Waals surface area contributed by atoms with E-state index < -0.39 is 5.56 Å². The van der Waals surface area contributed by atoms with Crippen molar-refractivity contribution in [3.05, 3.63) is 101 Å². The van der Waals surface area contributed by atoms with E-state index in [2.05, 4.69) is 10.2 Å². The SMILES string of the molecule is O=c1c(N=Nc2ccccc2)c(O)n(-c2ccccc2)n1-c1ccccc1. The Morgan fingerprint density at radius 2 is 1.11 bits per heavy atom. The van der Waals surface area contributed by atoms with Crippen molar-refractivity contribution in [1.29, 1.82) is 0 Å². The van der Waals surface area contributed by atoms with Gasteiger partial charge in [-0.2, -0.15) is 5.11 Å². The number of aromatic nitrogens is 2. The molecule has 0 bridgehead atoms. The first-order valence-corrected chi connectivity index (χ1v) is 8.40. The van der Waals surface area contributed by atoms with Crippen LogP contribution in [0.25, 0.3) is 11.4 Å². The molecule has 0 spiro atoms. The van der Waals surface area contributed by atoms with Crippen LogP contribution < -0.4 is 5.56 Å². The summed E-state index contributed by atoms with van der Waals surface area (Å²) in [5.74, 6) is -0.269. The smallest absolute Gasteiger partial charge is 0.303 e. The van der Waals surface area contributed by atoms with Crippen LogP contribution in [-0.4, -0.2) is 14.5 Å². The molecule has 0 unspecified atom stereocenters. The highest BCUT2D eigenvalue weighted by Crippen LogP contribution is 2.29. The third kappa shape index (κ3) is 3.16. The van der Waals surface area contributed by atoms with E-state index in [1.54, 1.807) is 36.4 Å². The summed E-state index contributed by atoms with van der Waals surface area (Å²) in [6, 6.07) is 27.3. The second-order valence-corrected chi connectivity index (χ2v) is 5.81. The second-order valence-electron chi connectivity index (χ2n) is 5.81. The molecule has 1 N–H and O–H groups in total. The third-order valence-corrected chi connectivity index (χ3v) is 4.03. The zero-order valence-corrected chi connectivity index (χ0v) is 14.3. The lowest BCUT2D eigenvalue weighted by molar-refractivity contribution is 0.426. The van der Waals surface area contributed by atoms with Gasteiger partial charge in [0.1, 0.15) is 0 Å². The molecule has 6 heteroatoms. The maximum Gasteiger partial charge on any atom is 0.303 e. The first kappa shape index (κ1) is 16.5. The number of aromatic hydroxyl groups is 1. The summed E-state index contributed by atoms with van der Waals surface area (Å²) in [6.45, 7) is 0. The summed E-state index contributed by atoms with van der Waals surface area (Å²) in [5.41, 5.74) is 1.27. The Morgan fingerprint density at radius 1 is 0.630 bits per heavy atom. The number of hydrogen-bond donors (Lipinski definition) is 1. The summed E-state index contributed by atoms with van der Waals surface area (Å²) in [4.78, 5) is 13.0. The largest absolute Gasteiger partial charge is 0.492 e. The molecule has 0 atom stereocenters. The fourth-order valence-electron chi connectivity index (χ4n) is 2.78. The molecule has 27 heavy (non-hydrogen) atoms. The molecule has 0 aliphatic carbocycles. The van der Waals surface area contributed by atoms with E-state index in [4.69, 9.17) is 0 Å². The van der Waals surface area contributed by atoms with Crippen molar-refractivity contribution in [2.75, 3.05) is 0 Å². The van der Waals surface area contributed by atoms with Crippen LogP contribution in [0.3, 0.4) is 0 Å². The summed E-state index contributed by atoms with van der Waals surface area (Å²) in [7, 11) is 0. The minimum atomic E-state index is -0.456. The van der Waals surface area contributed by atoms with Crippen molar-refractivity contribution in [2.45, 2.75) is 0 Å². The lowest BCUT2D eigenvalue weighted by Gasteiger charge is -2.12. The van der Waals surface area contributed by atoms with Crippen LogP contribution in [0.5, 0.6) is 5.88 Å². The molecule has 3 aromatic carbocycles. The molecule has 0 fully saturated rings. The maximum atomic E-state index is 13.0. The van der Waals surface area contributed by atoms with Gasteiger partial charge in [0.2, 0.25) is 11.6 Å². The van der Waals surface area contributed by atoms with E-state index in [0.717, 1.165) is 0 Å². The summed E-state index contributed by atoms with van der Waals surface area (Å²) >= 11 is 0. The topological polar surface area (TPSA) is 71.9 Å². The standard InChI is InChI=1S/C21H16N4O2/c26-20-19(23-22-16-10-4-1-5-11-16)21(27)25(18-14-8-3-9-15-18)24(20)17-12-6-2-7-13-17/h1-15,26H. The van der Waals surface area contributed by atoms with Gasteiger partial charge in [-0.1, -0.05) is 54.6 Å². The highest BCUT2D eigenvalue weighted by Gasteiger charge is 2.21. The van der Waals surface area contributed by atoms with E-state index in [0.29, 0.717) is 17.1 Å². The van der Waals surface area contributed by atoms with Gasteiger partial charge >= 0.3 is 5.56 Å². The summed E-state index contributed by atoms with van der Waals surface area (Å²) < 4.78 is 2.81. The van der Waals surface area contributed by atoms with Gasteiger partial charge in [-0.25, -0.2) is 9.36 Å². The maximum absolute atomic E-state index is 13.0. The Kier molecular flexibility index (Phi) is 4.37. The van der Waals surface area contributed by atoms with Crippen LogP contribution in [0, 0.1) is 0 Å². The van der Waals surface area contributed by atoms with Gasteiger partial charge in [0, 0.05) is 0 Å². The number of nitrogens with zero attached hydrogens (tertiary/aromatic N) is 4. The third-order valence-electron chi connectivity index (χ3n) is 4.03. The van der Waals surface area contributed by atoms with Crippen molar-refractivity contribution in [2.24, 2.45) is 10.2 Å². The van der Waals surface area contributed by atoms with E-state index >= 15 is 0 Å². The zero-order valence-electron chi connectivity index (χ0n) is 14.3. The molecule has 0 saturated heterocycles. The lowest BCUT2D eigenvalue weighted by Crippen LogP contribution is -2.20. The van der Waals surface area contributed by atoms with Crippen molar-refractivity contribution in [3.8, 4) is 17.3 Å². The van der Waals surface area contributed by atoms with E-state index in [1.165, 1.54) is 9.36 Å². The highest BCUT2D eigenvalue weighted by atomic mass is 16.3. The number of azo groups is 1. The average Bonchev–Trinajstić information content (AvgIpc) is 2.98. The molecule has 1 heterocycles. The molecule has 4 rings (SSSR count). The minimum Gasteiger partial charge on any atom is -0.492 e. The predicted molar refractivity (Wildman–Crippen MR) is 104 cm³/mol. The van der Waals surface area contributed by atoms with Gasteiger partial charge in [-0.15, -0.1) is 5.11 Å². The van der Waals surface area contributed by atoms with Gasteiger partial charge in [-0.3, -0.25) is 4.79 Å². The fourth-order valence-corrected chi connectivity index (χ4v) is 2.78. The van der Waals surface area contributed by atoms with Crippen LogP contribution in [0.4, 0.5) is 11.4 Å². The second kappa shape index (κ2) is 7.13. The lowest BCUT2D eigenvalue weighted by atomic mass is 10.3. The predicted octanol–water partition coefficient (Wildman–Crippen LogP) is 4.75. The van der Waals surface area contributed by atoms with Crippen molar-refractivity contribution < 1.29 is 5.11 Å². The Balaban J connectivity index is 1.93. The zero-order chi connectivity index (χ0) is 18.6. The molecular weight excluding hydrogens is 340 g/mol. The normalized spacial score (nSPS) is 11.1. The van der Waals surface area contributed by atoms with Gasteiger partial charge in [0.05, 0.1) is 17.1 Å². The molecule has 0 aliphatic heterocycles. The number of para-hydroxylation sites is 2. The Hall–Kier alpha value is -3.93. The molecule has 0 aliphatic rings. The summed E-state index contributed by atoms with van der Waals surface area (Å²) in [5, 5.41) is 18.9. The minimum absolute atomic E-state index is 0.119. The van der Waals surface area contributed by atoms with Crippen LogP contribution in [0.1, 0.15) is 0 Å². The molecular formula is C21H16N4O2. The summed E-state index contributed by atoms with van der Waals surface area (Å²) in [6.07, 6.45) is 0. The van der Waals surface area contributed by atoms with Gasteiger partial charge in [0.15, 0.2) is 0 Å². The van der Waals surface area contributed by atoms with Crippen LogP contribution in [0.15, 0.2) is 106 Å². The van der Waals surface area contributed by atoms with Gasteiger partial charge in [0.25, 0.3) is 0 Å². The Bertz CT molecular complexity index is 1130. The highest BCUT2D eigenvalue weighted by molar-refractivity contribution is 5.53. The van der Waals surface area contributed by atoms with Crippen LogP contribution in [-0.2, 0) is 0 Å². The van der Waals surface area contributed by atoms with Crippen LogP contribution in [0.2, 0.25) is 0 Å². The van der Waals surface area contributed by atoms with Gasteiger partial charge in [-0.05, 0) is 36.4 Å². The van der Waals surface area contributed by atoms with Crippen molar-refractivity contribution in [1.82, 2.24) is 9.36 Å². The van der Waals surface area contributed by atoms with E-state index in [9.17, 15) is 9.90 Å².